The summed E-state index contributed by atoms with van der Waals surface area (Å²) in [4.78, 5) is 4.18. The van der Waals surface area contributed by atoms with Crippen molar-refractivity contribution in [1.29, 1.82) is 0 Å². The van der Waals surface area contributed by atoms with Gasteiger partial charge in [-0.3, -0.25) is 4.98 Å². The average Bonchev–Trinajstić information content (AvgIpc) is 2.35. The number of nitrogens with zero attached hydrogens (tertiary/aromatic N) is 1. The molecule has 0 radical (unpaired) electrons. The third-order valence-corrected chi connectivity index (χ3v) is 2.65. The first-order valence-corrected chi connectivity index (χ1v) is 5.68. The molecule has 2 rings (SSSR count). The molecule has 17 heavy (non-hydrogen) atoms. The molecule has 0 amide bonds. The molecule has 0 saturated carbocycles. The molecule has 1 aromatic carbocycles. The number of hydrogen-bond donors (Lipinski definition) is 1. The van der Waals surface area contributed by atoms with E-state index >= 15 is 0 Å². The summed E-state index contributed by atoms with van der Waals surface area (Å²) in [6.07, 6.45) is 1.75. The second-order valence-corrected chi connectivity index (χ2v) is 4.08. The van der Waals surface area contributed by atoms with Gasteiger partial charge in [-0.05, 0) is 29.8 Å². The Balaban J connectivity index is 1.88. The van der Waals surface area contributed by atoms with Crippen LogP contribution < -0.4 is 5.32 Å². The molecule has 0 bridgehead atoms. The van der Waals surface area contributed by atoms with Crippen molar-refractivity contribution in [2.45, 2.75) is 13.1 Å². The molecule has 4 heteroatoms. The number of rotatable bonds is 4. The summed E-state index contributed by atoms with van der Waals surface area (Å²) in [7, 11) is 0. The van der Waals surface area contributed by atoms with Crippen LogP contribution in [0.25, 0.3) is 0 Å². The van der Waals surface area contributed by atoms with E-state index in [2.05, 4.69) is 10.3 Å². The van der Waals surface area contributed by atoms with Crippen LogP contribution in [0.1, 0.15) is 11.3 Å². The molecule has 0 saturated heterocycles. The van der Waals surface area contributed by atoms with Crippen molar-refractivity contribution in [3.8, 4) is 0 Å². The molecule has 2 nitrogen and oxygen atoms in total. The van der Waals surface area contributed by atoms with Gasteiger partial charge in [-0.25, -0.2) is 4.39 Å². The summed E-state index contributed by atoms with van der Waals surface area (Å²) in [5.41, 5.74) is 1.82. The molecule has 1 aromatic heterocycles. The number of benzene rings is 1. The van der Waals surface area contributed by atoms with Gasteiger partial charge in [0.15, 0.2) is 0 Å². The zero-order valence-corrected chi connectivity index (χ0v) is 9.91. The summed E-state index contributed by atoms with van der Waals surface area (Å²) >= 11 is 5.61. The highest BCUT2D eigenvalue weighted by Crippen LogP contribution is 2.15. The van der Waals surface area contributed by atoms with Crippen LogP contribution in [0.3, 0.4) is 0 Å². The summed E-state index contributed by atoms with van der Waals surface area (Å²) in [5.74, 6) is -0.385. The molecule has 88 valence electrons. The van der Waals surface area contributed by atoms with Gasteiger partial charge in [-0.2, -0.15) is 0 Å². The van der Waals surface area contributed by atoms with Crippen molar-refractivity contribution < 1.29 is 4.39 Å². The minimum absolute atomic E-state index is 0.151. The lowest BCUT2D eigenvalue weighted by Crippen LogP contribution is -2.13. The van der Waals surface area contributed by atoms with Crippen LogP contribution in [0.5, 0.6) is 0 Å². The number of hydrogen-bond acceptors (Lipinski definition) is 2. The van der Waals surface area contributed by atoms with E-state index in [1.165, 1.54) is 6.07 Å². The van der Waals surface area contributed by atoms with Crippen LogP contribution in [0, 0.1) is 5.82 Å². The number of pyridine rings is 1. The molecule has 0 spiro atoms. The molecule has 0 aliphatic carbocycles. The molecular formula is C13H12ClFN2. The van der Waals surface area contributed by atoms with E-state index in [-0.39, 0.29) is 10.8 Å². The summed E-state index contributed by atoms with van der Waals surface area (Å²) in [6, 6.07) is 10.6. The second kappa shape index (κ2) is 5.75. The fourth-order valence-corrected chi connectivity index (χ4v) is 1.60. The number of aromatic nitrogens is 1. The lowest BCUT2D eigenvalue weighted by Gasteiger charge is -2.05. The molecule has 1 heterocycles. The van der Waals surface area contributed by atoms with Gasteiger partial charge in [-0.15, -0.1) is 0 Å². The first kappa shape index (κ1) is 12.0. The Morgan fingerprint density at radius 3 is 2.76 bits per heavy atom. The number of halogens is 2. The lowest BCUT2D eigenvalue weighted by atomic mass is 10.2. The largest absolute Gasteiger partial charge is 0.307 e. The maximum absolute atomic E-state index is 13.2. The molecule has 0 aliphatic rings. The van der Waals surface area contributed by atoms with Gasteiger partial charge in [0.25, 0.3) is 0 Å². The van der Waals surface area contributed by atoms with Crippen LogP contribution in [0.4, 0.5) is 4.39 Å². The highest BCUT2D eigenvalue weighted by atomic mass is 35.5. The smallest absolute Gasteiger partial charge is 0.142 e. The van der Waals surface area contributed by atoms with E-state index in [0.717, 1.165) is 11.3 Å². The maximum atomic E-state index is 13.2. The number of nitrogens with one attached hydrogen (secondary N) is 1. The molecule has 0 fully saturated rings. The maximum Gasteiger partial charge on any atom is 0.142 e. The third kappa shape index (κ3) is 3.51. The monoisotopic (exact) mass is 250 g/mol. The van der Waals surface area contributed by atoms with Crippen molar-refractivity contribution in [2.24, 2.45) is 0 Å². The Bertz CT molecular complexity index is 488. The van der Waals surface area contributed by atoms with E-state index in [4.69, 9.17) is 11.6 Å². The highest BCUT2D eigenvalue weighted by molar-refractivity contribution is 6.30. The van der Waals surface area contributed by atoms with E-state index in [1.807, 2.05) is 18.2 Å². The predicted octanol–water partition coefficient (Wildman–Crippen LogP) is 3.16. The second-order valence-electron chi connectivity index (χ2n) is 3.67. The molecule has 2 aromatic rings. The van der Waals surface area contributed by atoms with Crippen LogP contribution in [0.2, 0.25) is 5.02 Å². The fourth-order valence-electron chi connectivity index (χ4n) is 1.49. The van der Waals surface area contributed by atoms with Crippen LogP contribution in [-0.2, 0) is 13.1 Å². The fraction of sp³-hybridized carbons (Fsp3) is 0.154. The third-order valence-electron chi connectivity index (χ3n) is 2.35. The molecule has 0 aliphatic heterocycles. The van der Waals surface area contributed by atoms with Gasteiger partial charge < -0.3 is 5.32 Å². The zero-order chi connectivity index (χ0) is 12.1. The van der Waals surface area contributed by atoms with Crippen LogP contribution >= 0.6 is 11.6 Å². The van der Waals surface area contributed by atoms with E-state index in [0.29, 0.717) is 13.1 Å². The molecule has 0 unspecified atom stereocenters. The summed E-state index contributed by atoms with van der Waals surface area (Å²) in [6.45, 7) is 1.25. The predicted molar refractivity (Wildman–Crippen MR) is 66.2 cm³/mol. The van der Waals surface area contributed by atoms with Crippen LogP contribution in [-0.4, -0.2) is 4.98 Å². The van der Waals surface area contributed by atoms with Gasteiger partial charge in [0.05, 0.1) is 10.7 Å². The van der Waals surface area contributed by atoms with Gasteiger partial charge in [0.2, 0.25) is 0 Å². The summed E-state index contributed by atoms with van der Waals surface area (Å²) < 4.78 is 13.2. The van der Waals surface area contributed by atoms with Crippen molar-refractivity contribution >= 4 is 11.6 Å². The molecule has 1 N–H and O–H groups in total. The zero-order valence-electron chi connectivity index (χ0n) is 9.16. The Morgan fingerprint density at radius 2 is 2.06 bits per heavy atom. The lowest BCUT2D eigenvalue weighted by molar-refractivity contribution is 0.619. The Labute approximate surface area is 104 Å². The van der Waals surface area contributed by atoms with Gasteiger partial charge >= 0.3 is 0 Å². The van der Waals surface area contributed by atoms with E-state index in [9.17, 15) is 4.39 Å². The SMILES string of the molecule is Fc1cc(CNCc2ccccn2)ccc1Cl. The van der Waals surface area contributed by atoms with Gasteiger partial charge in [0.1, 0.15) is 5.82 Å². The molecule has 0 atom stereocenters. The minimum Gasteiger partial charge on any atom is -0.307 e. The quantitative estimate of drug-likeness (QED) is 0.902. The first-order chi connectivity index (χ1) is 8.25. The normalized spacial score (nSPS) is 10.5. The molecular weight excluding hydrogens is 239 g/mol. The first-order valence-electron chi connectivity index (χ1n) is 5.30. The standard InChI is InChI=1S/C13H12ClFN2/c14-12-5-4-10(7-13(12)15)8-16-9-11-3-1-2-6-17-11/h1-7,16H,8-9H2. The summed E-state index contributed by atoms with van der Waals surface area (Å²) in [5, 5.41) is 3.34. The van der Waals surface area contributed by atoms with Gasteiger partial charge in [0, 0.05) is 19.3 Å². The van der Waals surface area contributed by atoms with Crippen molar-refractivity contribution in [3.63, 3.8) is 0 Å². The highest BCUT2D eigenvalue weighted by Gasteiger charge is 2.00. The Kier molecular flexibility index (Phi) is 4.07. The van der Waals surface area contributed by atoms with Crippen LogP contribution in [0.15, 0.2) is 42.6 Å². The average molecular weight is 251 g/mol. The minimum atomic E-state index is -0.385. The van der Waals surface area contributed by atoms with Crippen molar-refractivity contribution in [1.82, 2.24) is 10.3 Å². The Hall–Kier alpha value is -1.45. The van der Waals surface area contributed by atoms with Gasteiger partial charge in [-0.1, -0.05) is 23.7 Å². The topological polar surface area (TPSA) is 24.9 Å². The van der Waals surface area contributed by atoms with E-state index in [1.54, 1.807) is 18.3 Å². The van der Waals surface area contributed by atoms with Crippen molar-refractivity contribution in [2.75, 3.05) is 0 Å². The van der Waals surface area contributed by atoms with E-state index < -0.39 is 0 Å². The van der Waals surface area contributed by atoms with Crippen molar-refractivity contribution in [3.05, 3.63) is 64.7 Å². The Morgan fingerprint density at radius 1 is 1.18 bits per heavy atom.